The molecule has 0 aromatic carbocycles. The molecule has 1 atom stereocenters. The molecule has 1 unspecified atom stereocenters. The normalized spacial score (nSPS) is 4.50. The first kappa shape index (κ1) is 8.86. The van der Waals surface area contributed by atoms with Gasteiger partial charge in [-0.3, -0.25) is 0 Å². The molecule has 0 aliphatic carbocycles. The summed E-state index contributed by atoms with van der Waals surface area (Å²) in [4.78, 5) is 0. The van der Waals surface area contributed by atoms with E-state index in [1.807, 2.05) is 0 Å². The molecule has 0 aliphatic heterocycles. The topological polar surface area (TPSA) is 0 Å². The molecule has 0 aromatic heterocycles. The highest BCUT2D eigenvalue weighted by atomic mass is 79.9. The first-order valence-corrected chi connectivity index (χ1v) is 1.93. The highest BCUT2D eigenvalue weighted by Gasteiger charge is 1.35. The van der Waals surface area contributed by atoms with E-state index in [9.17, 15) is 0 Å². The summed E-state index contributed by atoms with van der Waals surface area (Å²) in [6.07, 6.45) is 1.17. The van der Waals surface area contributed by atoms with Crippen LogP contribution in [0.3, 0.4) is 0 Å². The Balaban J connectivity index is 0. The summed E-state index contributed by atoms with van der Waals surface area (Å²) in [5.41, 5.74) is 0. The van der Waals surface area contributed by atoms with Crippen LogP contribution in [-0.4, -0.2) is 6.16 Å². The van der Waals surface area contributed by atoms with Crippen LogP contribution in [0.25, 0.3) is 0 Å². The maximum Gasteiger partial charge on any atom is -0.0410 e. The summed E-state index contributed by atoms with van der Waals surface area (Å²) in [6.45, 7) is 2.09. The van der Waals surface area contributed by atoms with Gasteiger partial charge in [0.05, 0.1) is 0 Å². The Morgan fingerprint density at radius 2 is 1.75 bits per heavy atom. The molecule has 0 rings (SSSR count). The van der Waals surface area contributed by atoms with Crippen LogP contribution in [0.4, 0.5) is 0 Å². The maximum atomic E-state index is 2.58. The summed E-state index contributed by atoms with van der Waals surface area (Å²) in [7, 11) is 2.58. The lowest BCUT2D eigenvalue weighted by molar-refractivity contribution is 1.53. The SMILES string of the molecule is Br.CCP. The van der Waals surface area contributed by atoms with Gasteiger partial charge in [0.1, 0.15) is 0 Å². The second-order valence-corrected chi connectivity index (χ2v) is 1.22. The fraction of sp³-hybridized carbons (Fsp3) is 1.00. The molecule has 0 nitrogen and oxygen atoms in total. The molecule has 0 spiro atoms. The summed E-state index contributed by atoms with van der Waals surface area (Å²) >= 11 is 0. The van der Waals surface area contributed by atoms with Crippen LogP contribution < -0.4 is 0 Å². The fourth-order valence-electron chi connectivity index (χ4n) is 0. The van der Waals surface area contributed by atoms with Crippen LogP contribution in [0, 0.1) is 0 Å². The standard InChI is InChI=1S/C2H7P.BrH/c1-2-3;/h2-3H2,1H3;1H. The van der Waals surface area contributed by atoms with Crippen LogP contribution in [0.1, 0.15) is 6.92 Å². The van der Waals surface area contributed by atoms with Crippen LogP contribution in [0.5, 0.6) is 0 Å². The molecule has 2 heteroatoms. The molecular weight excluding hydrogens is 135 g/mol. The Kier molecular flexibility index (Phi) is 20.1. The molecule has 4 heavy (non-hydrogen) atoms. The molecule has 0 saturated heterocycles. The number of hydrogen-bond donors (Lipinski definition) is 0. The Morgan fingerprint density at radius 1 is 1.75 bits per heavy atom. The smallest absolute Gasteiger partial charge is 0.0410 e. The van der Waals surface area contributed by atoms with E-state index in [0.29, 0.717) is 0 Å². The number of rotatable bonds is 0. The van der Waals surface area contributed by atoms with E-state index < -0.39 is 0 Å². The van der Waals surface area contributed by atoms with Crippen molar-refractivity contribution in [2.45, 2.75) is 6.92 Å². The lowest BCUT2D eigenvalue weighted by Crippen LogP contribution is -1.33. The van der Waals surface area contributed by atoms with Crippen molar-refractivity contribution in [2.24, 2.45) is 0 Å². The molecule has 0 amide bonds. The van der Waals surface area contributed by atoms with E-state index in [1.54, 1.807) is 0 Å². The predicted octanol–water partition coefficient (Wildman–Crippen LogP) is 1.46. The fourth-order valence-corrected chi connectivity index (χ4v) is 0. The van der Waals surface area contributed by atoms with Gasteiger partial charge in [-0.1, -0.05) is 6.92 Å². The van der Waals surface area contributed by atoms with Gasteiger partial charge in [-0.2, -0.15) is 0 Å². The molecule has 0 radical (unpaired) electrons. The van der Waals surface area contributed by atoms with Crippen LogP contribution >= 0.6 is 26.2 Å². The van der Waals surface area contributed by atoms with Crippen molar-refractivity contribution in [3.05, 3.63) is 0 Å². The zero-order valence-electron chi connectivity index (χ0n) is 2.69. The lowest BCUT2D eigenvalue weighted by atomic mass is 11.0. The second kappa shape index (κ2) is 9.08. The molecular formula is C2H8BrP. The average molecular weight is 143 g/mol. The van der Waals surface area contributed by atoms with Gasteiger partial charge in [-0.05, 0) is 6.16 Å². The Labute approximate surface area is 39.9 Å². The minimum absolute atomic E-state index is 0. The van der Waals surface area contributed by atoms with E-state index >= 15 is 0 Å². The van der Waals surface area contributed by atoms with E-state index in [-0.39, 0.29) is 17.0 Å². The van der Waals surface area contributed by atoms with E-state index in [1.165, 1.54) is 6.16 Å². The predicted molar refractivity (Wildman–Crippen MR) is 30.6 cm³/mol. The van der Waals surface area contributed by atoms with E-state index in [2.05, 4.69) is 16.2 Å². The van der Waals surface area contributed by atoms with Crippen molar-refractivity contribution in [3.8, 4) is 0 Å². The zero-order valence-corrected chi connectivity index (χ0v) is 5.56. The van der Waals surface area contributed by atoms with Gasteiger partial charge in [0, 0.05) is 0 Å². The summed E-state index contributed by atoms with van der Waals surface area (Å²) in [6, 6.07) is 0. The van der Waals surface area contributed by atoms with Crippen molar-refractivity contribution >= 4 is 26.2 Å². The maximum absolute atomic E-state index is 2.58. The van der Waals surface area contributed by atoms with Gasteiger partial charge < -0.3 is 0 Å². The molecule has 0 bridgehead atoms. The molecule has 28 valence electrons. The van der Waals surface area contributed by atoms with Crippen LogP contribution in [0.15, 0.2) is 0 Å². The van der Waals surface area contributed by atoms with E-state index in [4.69, 9.17) is 0 Å². The third-order valence-corrected chi connectivity index (χ3v) is 0. The van der Waals surface area contributed by atoms with Gasteiger partial charge in [-0.25, -0.2) is 0 Å². The Bertz CT molecular complexity index is 6.00. The van der Waals surface area contributed by atoms with Gasteiger partial charge >= 0.3 is 0 Å². The molecule has 0 heterocycles. The van der Waals surface area contributed by atoms with Crippen molar-refractivity contribution in [3.63, 3.8) is 0 Å². The van der Waals surface area contributed by atoms with Gasteiger partial charge in [0.15, 0.2) is 0 Å². The van der Waals surface area contributed by atoms with Crippen LogP contribution in [0.2, 0.25) is 0 Å². The highest BCUT2D eigenvalue weighted by molar-refractivity contribution is 8.93. The third kappa shape index (κ3) is 12.8. The first-order chi connectivity index (χ1) is 1.41. The zero-order chi connectivity index (χ0) is 2.71. The monoisotopic (exact) mass is 142 g/mol. The van der Waals surface area contributed by atoms with Crippen molar-refractivity contribution in [1.82, 2.24) is 0 Å². The van der Waals surface area contributed by atoms with Gasteiger partial charge in [0.2, 0.25) is 0 Å². The minimum atomic E-state index is 0. The quantitative estimate of drug-likeness (QED) is 0.450. The minimum Gasteiger partial charge on any atom is -0.138 e. The molecule has 0 saturated carbocycles. The highest BCUT2D eigenvalue weighted by Crippen LogP contribution is 1.68. The van der Waals surface area contributed by atoms with Crippen LogP contribution in [-0.2, 0) is 0 Å². The van der Waals surface area contributed by atoms with Crippen molar-refractivity contribution in [1.29, 1.82) is 0 Å². The molecule has 0 fully saturated rings. The Hall–Kier alpha value is 0.910. The van der Waals surface area contributed by atoms with Crippen molar-refractivity contribution in [2.75, 3.05) is 6.16 Å². The summed E-state index contributed by atoms with van der Waals surface area (Å²) < 4.78 is 0. The summed E-state index contributed by atoms with van der Waals surface area (Å²) in [5, 5.41) is 0. The van der Waals surface area contributed by atoms with Crippen molar-refractivity contribution < 1.29 is 0 Å². The molecule has 0 N–H and O–H groups in total. The number of halogens is 1. The third-order valence-electron chi connectivity index (χ3n) is 0. The summed E-state index contributed by atoms with van der Waals surface area (Å²) in [5.74, 6) is 0. The van der Waals surface area contributed by atoms with Gasteiger partial charge in [-0.15, -0.1) is 26.2 Å². The molecule has 0 aromatic rings. The van der Waals surface area contributed by atoms with E-state index in [0.717, 1.165) is 0 Å². The number of hydrogen-bond acceptors (Lipinski definition) is 0. The Morgan fingerprint density at radius 3 is 1.75 bits per heavy atom. The largest absolute Gasteiger partial charge is 0.138 e. The lowest BCUT2D eigenvalue weighted by Gasteiger charge is -1.48. The first-order valence-electron chi connectivity index (χ1n) is 1.12. The average Bonchev–Trinajstić information content (AvgIpc) is 0.918. The van der Waals surface area contributed by atoms with Gasteiger partial charge in [0.25, 0.3) is 0 Å². The second-order valence-electron chi connectivity index (χ2n) is 0.408. The molecule has 0 aliphatic rings.